The van der Waals surface area contributed by atoms with Gasteiger partial charge >= 0.3 is 0 Å². The van der Waals surface area contributed by atoms with E-state index in [1.54, 1.807) is 0 Å². The molecule has 0 aliphatic carbocycles. The molecule has 2 aromatic carbocycles. The molecule has 0 saturated heterocycles. The summed E-state index contributed by atoms with van der Waals surface area (Å²) in [7, 11) is -9.77. The van der Waals surface area contributed by atoms with E-state index in [9.17, 15) is 35.8 Å². The van der Waals surface area contributed by atoms with E-state index in [0.29, 0.717) is 18.4 Å². The first-order valence-electron chi connectivity index (χ1n) is 8.45. The molecule has 158 valence electrons. The van der Waals surface area contributed by atoms with Gasteiger partial charge in [-0.05, 0) is 54.7 Å². The van der Waals surface area contributed by atoms with Crippen LogP contribution in [-0.4, -0.2) is 31.9 Å². The zero-order valence-electron chi connectivity index (χ0n) is 15.2. The Balaban J connectivity index is 2.49. The van der Waals surface area contributed by atoms with Gasteiger partial charge in [0.1, 0.15) is 31.7 Å². The minimum Gasteiger partial charge on any atom is -0.744 e. The predicted octanol–water partition coefficient (Wildman–Crippen LogP) is 1.31. The van der Waals surface area contributed by atoms with Gasteiger partial charge in [-0.15, -0.1) is 0 Å². The van der Waals surface area contributed by atoms with Crippen molar-refractivity contribution in [2.45, 2.75) is 41.9 Å². The summed E-state index contributed by atoms with van der Waals surface area (Å²) in [6.07, 6.45) is 0.692. The second-order valence-corrected chi connectivity index (χ2v) is 8.98. The Labute approximate surface area is 168 Å². The fraction of sp³-hybridized carbons (Fsp3) is 0.278. The lowest BCUT2D eigenvalue weighted by atomic mass is 9.91. The van der Waals surface area contributed by atoms with Crippen molar-refractivity contribution in [2.24, 2.45) is 0 Å². The molecule has 2 aromatic rings. The number of hydrogen-bond acceptors (Lipinski definition) is 9. The standard InChI is InChI=1S/C18H20O9S2/c1-2-4-12(10-18(19)20)13-7-8-16(17(9-13)29(24,25)26)27-14-5-3-6-15(11-14)28(21,22)23/h3,5-9,11-12H,2,4,10H2,1H3,(H,19,20)(H,21,22,23)(H,24,25,26)/p-3. The third-order valence-electron chi connectivity index (χ3n) is 4.08. The van der Waals surface area contributed by atoms with Crippen LogP contribution in [0.15, 0.2) is 52.3 Å². The topological polar surface area (TPSA) is 164 Å². The highest BCUT2D eigenvalue weighted by atomic mass is 32.2. The average Bonchev–Trinajstić information content (AvgIpc) is 2.60. The monoisotopic (exact) mass is 441 g/mol. The molecule has 9 nitrogen and oxygen atoms in total. The van der Waals surface area contributed by atoms with Crippen LogP contribution < -0.4 is 9.84 Å². The van der Waals surface area contributed by atoms with Crippen molar-refractivity contribution in [1.29, 1.82) is 0 Å². The van der Waals surface area contributed by atoms with Crippen molar-refractivity contribution < 1.29 is 40.6 Å². The Kier molecular flexibility index (Phi) is 7.01. The summed E-state index contributed by atoms with van der Waals surface area (Å²) in [4.78, 5) is 9.65. The number of ether oxygens (including phenoxy) is 1. The van der Waals surface area contributed by atoms with Gasteiger partial charge in [-0.1, -0.05) is 25.5 Å². The van der Waals surface area contributed by atoms with Crippen LogP contribution in [0.25, 0.3) is 0 Å². The van der Waals surface area contributed by atoms with Crippen LogP contribution in [0, 0.1) is 0 Å². The van der Waals surface area contributed by atoms with E-state index in [4.69, 9.17) is 4.74 Å². The maximum atomic E-state index is 11.7. The highest BCUT2D eigenvalue weighted by Gasteiger charge is 2.18. The van der Waals surface area contributed by atoms with Crippen molar-refractivity contribution in [3.05, 3.63) is 48.0 Å². The maximum absolute atomic E-state index is 11.7. The Bertz CT molecular complexity index is 1110. The molecule has 0 bridgehead atoms. The van der Waals surface area contributed by atoms with E-state index in [0.717, 1.165) is 18.2 Å². The average molecular weight is 441 g/mol. The summed E-state index contributed by atoms with van der Waals surface area (Å²) >= 11 is 0. The molecule has 0 aliphatic rings. The van der Waals surface area contributed by atoms with Gasteiger partial charge in [0.05, 0.1) is 9.79 Å². The fourth-order valence-electron chi connectivity index (χ4n) is 2.81. The van der Waals surface area contributed by atoms with Gasteiger partial charge in [0.25, 0.3) is 0 Å². The van der Waals surface area contributed by atoms with E-state index in [2.05, 4.69) is 0 Å². The molecule has 0 heterocycles. The minimum absolute atomic E-state index is 0.167. The van der Waals surface area contributed by atoms with Gasteiger partial charge in [-0.2, -0.15) is 0 Å². The summed E-state index contributed by atoms with van der Waals surface area (Å²) < 4.78 is 73.8. The molecular formula is C18H17O9S2-3. The molecule has 0 N–H and O–H groups in total. The van der Waals surface area contributed by atoms with Crippen LogP contribution in [0.2, 0.25) is 0 Å². The predicted molar refractivity (Wildman–Crippen MR) is 96.2 cm³/mol. The fourth-order valence-corrected chi connectivity index (χ4v) is 3.96. The molecule has 29 heavy (non-hydrogen) atoms. The summed E-state index contributed by atoms with van der Waals surface area (Å²) in [5.41, 5.74) is 0.314. The van der Waals surface area contributed by atoms with Gasteiger partial charge < -0.3 is 23.7 Å². The van der Waals surface area contributed by atoms with Crippen molar-refractivity contribution in [2.75, 3.05) is 0 Å². The van der Waals surface area contributed by atoms with Crippen LogP contribution in [0.1, 0.15) is 37.7 Å². The largest absolute Gasteiger partial charge is 0.744 e. The molecule has 1 atom stereocenters. The second kappa shape index (κ2) is 8.91. The number of aliphatic carboxylic acids is 1. The number of carboxylic acids is 1. The lowest BCUT2D eigenvalue weighted by Crippen LogP contribution is -2.24. The van der Waals surface area contributed by atoms with Crippen molar-refractivity contribution >= 4 is 26.2 Å². The van der Waals surface area contributed by atoms with Gasteiger partial charge in [-0.25, -0.2) is 16.8 Å². The highest BCUT2D eigenvalue weighted by Crippen LogP contribution is 2.34. The van der Waals surface area contributed by atoms with Crippen molar-refractivity contribution in [3.8, 4) is 11.5 Å². The minimum atomic E-state index is -5.01. The number of hydrogen-bond donors (Lipinski definition) is 0. The third-order valence-corrected chi connectivity index (χ3v) is 5.77. The van der Waals surface area contributed by atoms with Crippen LogP contribution in [0.5, 0.6) is 11.5 Å². The van der Waals surface area contributed by atoms with Crippen LogP contribution in [0.4, 0.5) is 0 Å². The maximum Gasteiger partial charge on any atom is 0.144 e. The van der Waals surface area contributed by atoms with Gasteiger partial charge in [0.15, 0.2) is 0 Å². The summed E-state index contributed by atoms with van der Waals surface area (Å²) in [6, 6.07) is 8.07. The van der Waals surface area contributed by atoms with Gasteiger partial charge in [0, 0.05) is 5.97 Å². The Morgan fingerprint density at radius 2 is 1.72 bits per heavy atom. The highest BCUT2D eigenvalue weighted by molar-refractivity contribution is 7.86. The SMILES string of the molecule is CCCC(CC(=O)[O-])c1ccc(Oc2cccc(S(=O)(=O)[O-])c2)c(S(=O)(=O)[O-])c1. The normalized spacial score (nSPS) is 13.1. The molecule has 0 aromatic heterocycles. The molecule has 11 heteroatoms. The first kappa shape index (κ1) is 22.8. The Morgan fingerprint density at radius 1 is 1.03 bits per heavy atom. The molecule has 0 spiro atoms. The van der Waals surface area contributed by atoms with E-state index < -0.39 is 41.9 Å². The first-order valence-corrected chi connectivity index (χ1v) is 11.3. The van der Waals surface area contributed by atoms with Crippen LogP contribution in [-0.2, 0) is 25.0 Å². The zero-order valence-corrected chi connectivity index (χ0v) is 16.9. The van der Waals surface area contributed by atoms with E-state index >= 15 is 0 Å². The van der Waals surface area contributed by atoms with Crippen molar-refractivity contribution in [3.63, 3.8) is 0 Å². The first-order chi connectivity index (χ1) is 13.4. The van der Waals surface area contributed by atoms with E-state index in [1.807, 2.05) is 6.92 Å². The number of carboxylic acid groups (broad SMARTS) is 1. The summed E-state index contributed by atoms with van der Waals surface area (Å²) in [6.45, 7) is 1.82. The second-order valence-electron chi connectivity index (χ2n) is 6.25. The molecule has 0 amide bonds. The number of rotatable bonds is 9. The van der Waals surface area contributed by atoms with Gasteiger partial charge in [-0.3, -0.25) is 0 Å². The smallest absolute Gasteiger partial charge is 0.144 e. The summed E-state index contributed by atoms with van der Waals surface area (Å²) in [5, 5.41) is 11.0. The van der Waals surface area contributed by atoms with Gasteiger partial charge in [0.2, 0.25) is 0 Å². The molecule has 1 unspecified atom stereocenters. The molecule has 0 aliphatic heterocycles. The third kappa shape index (κ3) is 6.26. The molecule has 0 saturated carbocycles. The number of benzene rings is 2. The molecule has 0 fully saturated rings. The Hall–Kier alpha value is -2.47. The van der Waals surface area contributed by atoms with Crippen LogP contribution >= 0.6 is 0 Å². The zero-order chi connectivity index (χ0) is 21.8. The lowest BCUT2D eigenvalue weighted by molar-refractivity contribution is -0.306. The van der Waals surface area contributed by atoms with E-state index in [-0.39, 0.29) is 17.9 Å². The number of carbonyl (C=O) groups excluding carboxylic acids is 1. The number of carbonyl (C=O) groups is 1. The molecule has 2 rings (SSSR count). The quantitative estimate of drug-likeness (QED) is 0.522. The van der Waals surface area contributed by atoms with Crippen molar-refractivity contribution in [1.82, 2.24) is 0 Å². The van der Waals surface area contributed by atoms with Crippen LogP contribution in [0.3, 0.4) is 0 Å². The Morgan fingerprint density at radius 3 is 2.28 bits per heavy atom. The summed E-state index contributed by atoms with van der Waals surface area (Å²) in [5.74, 6) is -2.42. The van der Waals surface area contributed by atoms with E-state index in [1.165, 1.54) is 24.3 Å². The molecule has 0 radical (unpaired) electrons. The lowest BCUT2D eigenvalue weighted by Gasteiger charge is -2.21. The molecular weight excluding hydrogens is 424 g/mol.